The number of carbonyl (C=O) groups is 2. The Morgan fingerprint density at radius 3 is 2.17 bits per heavy atom. The van der Waals surface area contributed by atoms with Gasteiger partial charge in [-0.05, 0) is 38.0 Å². The van der Waals surface area contributed by atoms with E-state index in [4.69, 9.17) is 9.47 Å². The van der Waals surface area contributed by atoms with Gasteiger partial charge in [-0.3, -0.25) is 9.59 Å². The lowest BCUT2D eigenvalue weighted by atomic mass is 10.0. The van der Waals surface area contributed by atoms with Crippen molar-refractivity contribution in [2.24, 2.45) is 11.8 Å². The van der Waals surface area contributed by atoms with E-state index in [9.17, 15) is 9.59 Å². The molecule has 0 N–H and O–H groups in total. The van der Waals surface area contributed by atoms with Crippen molar-refractivity contribution in [2.75, 3.05) is 6.61 Å². The number of unbranched alkanes of at least 4 members (excludes halogenated alkanes) is 1. The van der Waals surface area contributed by atoms with Gasteiger partial charge in [0.15, 0.2) is 0 Å². The van der Waals surface area contributed by atoms with Crippen LogP contribution in [0.2, 0.25) is 0 Å². The van der Waals surface area contributed by atoms with Gasteiger partial charge in [0.05, 0.1) is 12.7 Å². The van der Waals surface area contributed by atoms with Gasteiger partial charge in [0.1, 0.15) is 0 Å². The van der Waals surface area contributed by atoms with Crippen LogP contribution in [0, 0.1) is 11.8 Å². The van der Waals surface area contributed by atoms with Crippen LogP contribution in [-0.2, 0) is 19.1 Å². The first-order valence-corrected chi connectivity index (χ1v) is 9.24. The summed E-state index contributed by atoms with van der Waals surface area (Å²) >= 11 is 0. The summed E-state index contributed by atoms with van der Waals surface area (Å²) in [5.41, 5.74) is 0. The lowest BCUT2D eigenvalue weighted by Crippen LogP contribution is -2.17. The zero-order valence-corrected chi connectivity index (χ0v) is 15.7. The van der Waals surface area contributed by atoms with Gasteiger partial charge in [-0.2, -0.15) is 0 Å². The SMILES string of the molecule is CCCCC(CC)COC(=O)CCCC(=O)OC(C)CC(C)C. The Hall–Kier alpha value is -1.06. The maximum atomic E-state index is 11.7. The molecule has 23 heavy (non-hydrogen) atoms. The summed E-state index contributed by atoms with van der Waals surface area (Å²) in [6.45, 7) is 10.9. The third-order valence-electron chi connectivity index (χ3n) is 3.92. The molecule has 0 aromatic rings. The van der Waals surface area contributed by atoms with Gasteiger partial charge >= 0.3 is 11.9 Å². The second kappa shape index (κ2) is 13.4. The minimum absolute atomic E-state index is 0.0571. The minimum Gasteiger partial charge on any atom is -0.465 e. The minimum atomic E-state index is -0.222. The van der Waals surface area contributed by atoms with Crippen LogP contribution in [0.25, 0.3) is 0 Å². The van der Waals surface area contributed by atoms with Crippen molar-refractivity contribution in [3.63, 3.8) is 0 Å². The quantitative estimate of drug-likeness (QED) is 0.451. The zero-order valence-electron chi connectivity index (χ0n) is 15.7. The van der Waals surface area contributed by atoms with Crippen LogP contribution in [0.5, 0.6) is 0 Å². The highest BCUT2D eigenvalue weighted by atomic mass is 16.5. The monoisotopic (exact) mass is 328 g/mol. The summed E-state index contributed by atoms with van der Waals surface area (Å²) in [5, 5.41) is 0. The predicted molar refractivity (Wildman–Crippen MR) is 93.1 cm³/mol. The fraction of sp³-hybridized carbons (Fsp3) is 0.895. The van der Waals surface area contributed by atoms with Gasteiger partial charge < -0.3 is 9.47 Å². The molecule has 0 rings (SSSR count). The Balaban J connectivity index is 3.78. The number of carbonyl (C=O) groups excluding carboxylic acids is 2. The molecule has 0 spiro atoms. The number of esters is 2. The highest BCUT2D eigenvalue weighted by Crippen LogP contribution is 2.14. The Morgan fingerprint density at radius 2 is 1.61 bits per heavy atom. The molecule has 0 saturated heterocycles. The smallest absolute Gasteiger partial charge is 0.306 e. The number of rotatable bonds is 13. The summed E-state index contributed by atoms with van der Waals surface area (Å²) in [6.07, 6.45) is 6.37. The van der Waals surface area contributed by atoms with Gasteiger partial charge in [0, 0.05) is 12.8 Å². The molecule has 0 aliphatic carbocycles. The van der Waals surface area contributed by atoms with Gasteiger partial charge in [-0.1, -0.05) is 47.0 Å². The highest BCUT2D eigenvalue weighted by Gasteiger charge is 2.13. The summed E-state index contributed by atoms with van der Waals surface area (Å²) in [5.74, 6) is 0.538. The molecule has 2 atom stereocenters. The van der Waals surface area contributed by atoms with E-state index in [2.05, 4.69) is 27.7 Å². The second-order valence-electron chi connectivity index (χ2n) is 6.88. The Morgan fingerprint density at radius 1 is 0.957 bits per heavy atom. The van der Waals surface area contributed by atoms with Gasteiger partial charge in [0.2, 0.25) is 0 Å². The lowest BCUT2D eigenvalue weighted by molar-refractivity contribution is -0.149. The standard InChI is InChI=1S/C19H36O4/c1-6-8-10-17(7-2)14-22-18(20)11-9-12-19(21)23-16(5)13-15(3)4/h15-17H,6-14H2,1-5H3. The molecule has 4 heteroatoms. The van der Waals surface area contributed by atoms with Crippen LogP contribution in [0.15, 0.2) is 0 Å². The first-order valence-electron chi connectivity index (χ1n) is 9.24. The number of hydrogen-bond donors (Lipinski definition) is 0. The topological polar surface area (TPSA) is 52.6 Å². The summed E-state index contributed by atoms with van der Waals surface area (Å²) in [4.78, 5) is 23.4. The molecule has 4 nitrogen and oxygen atoms in total. The summed E-state index contributed by atoms with van der Waals surface area (Å²) in [7, 11) is 0. The van der Waals surface area contributed by atoms with Crippen molar-refractivity contribution in [3.8, 4) is 0 Å². The first-order chi connectivity index (χ1) is 10.9. The van der Waals surface area contributed by atoms with Crippen molar-refractivity contribution >= 4 is 11.9 Å². The predicted octanol–water partition coefficient (Wildman–Crippen LogP) is 4.89. The average Bonchev–Trinajstić information content (AvgIpc) is 2.46. The molecule has 0 aliphatic heterocycles. The van der Waals surface area contributed by atoms with E-state index in [0.29, 0.717) is 24.9 Å². The molecule has 0 aromatic heterocycles. The fourth-order valence-electron chi connectivity index (χ4n) is 2.55. The molecule has 0 amide bonds. The third-order valence-corrected chi connectivity index (χ3v) is 3.92. The molecule has 136 valence electrons. The van der Waals surface area contributed by atoms with E-state index >= 15 is 0 Å². The van der Waals surface area contributed by atoms with Crippen LogP contribution in [-0.4, -0.2) is 24.6 Å². The van der Waals surface area contributed by atoms with Crippen LogP contribution >= 0.6 is 0 Å². The lowest BCUT2D eigenvalue weighted by Gasteiger charge is -2.15. The maximum Gasteiger partial charge on any atom is 0.306 e. The van der Waals surface area contributed by atoms with E-state index in [1.54, 1.807) is 0 Å². The summed E-state index contributed by atoms with van der Waals surface area (Å²) < 4.78 is 10.6. The van der Waals surface area contributed by atoms with Crippen molar-refractivity contribution < 1.29 is 19.1 Å². The van der Waals surface area contributed by atoms with Crippen LogP contribution < -0.4 is 0 Å². The van der Waals surface area contributed by atoms with Gasteiger partial charge in [-0.25, -0.2) is 0 Å². The zero-order chi connectivity index (χ0) is 17.7. The average molecular weight is 328 g/mol. The molecule has 2 unspecified atom stereocenters. The molecular formula is C19H36O4. The molecular weight excluding hydrogens is 292 g/mol. The molecule has 0 aliphatic rings. The van der Waals surface area contributed by atoms with Gasteiger partial charge in [-0.15, -0.1) is 0 Å². The second-order valence-corrected chi connectivity index (χ2v) is 6.88. The number of hydrogen-bond acceptors (Lipinski definition) is 4. The Labute approximate surface area is 142 Å². The Bertz CT molecular complexity index is 325. The largest absolute Gasteiger partial charge is 0.465 e. The van der Waals surface area contributed by atoms with E-state index in [1.165, 1.54) is 12.8 Å². The van der Waals surface area contributed by atoms with Gasteiger partial charge in [0.25, 0.3) is 0 Å². The van der Waals surface area contributed by atoms with E-state index < -0.39 is 0 Å². The molecule has 0 radical (unpaired) electrons. The number of ether oxygens (including phenoxy) is 2. The maximum absolute atomic E-state index is 11.7. The highest BCUT2D eigenvalue weighted by molar-refractivity contribution is 5.72. The van der Waals surface area contributed by atoms with Crippen molar-refractivity contribution in [1.82, 2.24) is 0 Å². The molecule has 0 heterocycles. The molecule has 0 fully saturated rings. The molecule has 0 bridgehead atoms. The fourth-order valence-corrected chi connectivity index (χ4v) is 2.55. The van der Waals surface area contributed by atoms with E-state index in [1.807, 2.05) is 6.92 Å². The van der Waals surface area contributed by atoms with Crippen molar-refractivity contribution in [3.05, 3.63) is 0 Å². The van der Waals surface area contributed by atoms with Crippen LogP contribution in [0.1, 0.15) is 86.0 Å². The van der Waals surface area contributed by atoms with Crippen molar-refractivity contribution in [2.45, 2.75) is 92.1 Å². The van der Waals surface area contributed by atoms with Crippen LogP contribution in [0.4, 0.5) is 0 Å². The van der Waals surface area contributed by atoms with E-state index in [-0.39, 0.29) is 30.9 Å². The molecule has 0 aromatic carbocycles. The Kier molecular flexibility index (Phi) is 12.8. The normalized spacial score (nSPS) is 13.7. The third kappa shape index (κ3) is 13.1. The first kappa shape index (κ1) is 21.9. The van der Waals surface area contributed by atoms with E-state index in [0.717, 1.165) is 19.3 Å². The van der Waals surface area contributed by atoms with Crippen molar-refractivity contribution in [1.29, 1.82) is 0 Å². The molecule has 0 saturated carbocycles. The van der Waals surface area contributed by atoms with Crippen LogP contribution in [0.3, 0.4) is 0 Å². The summed E-state index contributed by atoms with van der Waals surface area (Å²) in [6, 6.07) is 0.